The van der Waals surface area contributed by atoms with Crippen molar-refractivity contribution >= 4 is 17.9 Å². The molecule has 158 valence electrons. The van der Waals surface area contributed by atoms with Gasteiger partial charge in [-0.05, 0) is 39.3 Å². The summed E-state index contributed by atoms with van der Waals surface area (Å²) in [5, 5.41) is 10.2. The molecule has 0 aromatic rings. The second-order valence-electron chi connectivity index (χ2n) is 7.56. The van der Waals surface area contributed by atoms with Crippen LogP contribution in [-0.2, 0) is 28.6 Å². The molecule has 4 unspecified atom stereocenters. The fourth-order valence-electron chi connectivity index (χ4n) is 3.47. The first kappa shape index (κ1) is 22.6. The average molecular weight is 404 g/mol. The smallest absolute Gasteiger partial charge is 0.334 e. The third-order valence-electron chi connectivity index (χ3n) is 4.90. The summed E-state index contributed by atoms with van der Waals surface area (Å²) in [5.74, 6) is -2.08. The molecule has 0 aromatic heterocycles. The molecule has 7 heteroatoms. The molecule has 1 N–H and O–H groups in total. The average Bonchev–Trinajstić information content (AvgIpc) is 2.86. The van der Waals surface area contributed by atoms with Gasteiger partial charge in [0.15, 0.2) is 0 Å². The van der Waals surface area contributed by atoms with Gasteiger partial charge < -0.3 is 19.3 Å². The molecule has 1 aliphatic heterocycles. The minimum Gasteiger partial charge on any atom is -0.462 e. The van der Waals surface area contributed by atoms with E-state index in [1.54, 1.807) is 19.1 Å². The van der Waals surface area contributed by atoms with Gasteiger partial charge in [-0.1, -0.05) is 23.8 Å². The predicted molar refractivity (Wildman–Crippen MR) is 106 cm³/mol. The van der Waals surface area contributed by atoms with E-state index in [9.17, 15) is 19.5 Å². The Morgan fingerprint density at radius 2 is 1.90 bits per heavy atom. The van der Waals surface area contributed by atoms with Crippen LogP contribution in [0.2, 0.25) is 0 Å². The van der Waals surface area contributed by atoms with Crippen molar-refractivity contribution < 1.29 is 33.7 Å². The molecule has 0 aromatic carbocycles. The van der Waals surface area contributed by atoms with Gasteiger partial charge >= 0.3 is 17.9 Å². The lowest BCUT2D eigenvalue weighted by Crippen LogP contribution is -2.34. The fourth-order valence-corrected chi connectivity index (χ4v) is 3.47. The molecular weight excluding hydrogens is 376 g/mol. The summed E-state index contributed by atoms with van der Waals surface area (Å²) in [6.07, 6.45) is 3.72. The second-order valence-corrected chi connectivity index (χ2v) is 7.56. The zero-order chi connectivity index (χ0) is 21.7. The van der Waals surface area contributed by atoms with E-state index in [0.29, 0.717) is 12.8 Å². The lowest BCUT2D eigenvalue weighted by Gasteiger charge is -2.28. The summed E-state index contributed by atoms with van der Waals surface area (Å²) in [6.45, 7) is 10.3. The zero-order valence-electron chi connectivity index (χ0n) is 17.3. The lowest BCUT2D eigenvalue weighted by molar-refractivity contribution is -0.147. The van der Waals surface area contributed by atoms with E-state index in [2.05, 4.69) is 6.58 Å². The van der Waals surface area contributed by atoms with Gasteiger partial charge in [0.2, 0.25) is 0 Å². The molecule has 0 bridgehead atoms. The maximum atomic E-state index is 12.6. The largest absolute Gasteiger partial charge is 0.462 e. The Hall–Kier alpha value is -2.67. The quantitative estimate of drug-likeness (QED) is 0.333. The first-order chi connectivity index (χ1) is 13.6. The number of aliphatic hydroxyl groups is 1. The molecule has 29 heavy (non-hydrogen) atoms. The molecule has 0 spiro atoms. The third-order valence-corrected chi connectivity index (χ3v) is 4.90. The second kappa shape index (κ2) is 9.69. The van der Waals surface area contributed by atoms with Gasteiger partial charge in [0, 0.05) is 24.5 Å². The van der Waals surface area contributed by atoms with Crippen LogP contribution in [0.1, 0.15) is 40.5 Å². The van der Waals surface area contributed by atoms with Crippen LogP contribution >= 0.6 is 0 Å². The van der Waals surface area contributed by atoms with Gasteiger partial charge in [0.1, 0.15) is 18.8 Å². The van der Waals surface area contributed by atoms with Crippen LogP contribution in [0, 0.1) is 5.92 Å². The van der Waals surface area contributed by atoms with Crippen LogP contribution in [-0.4, -0.2) is 47.9 Å². The summed E-state index contributed by atoms with van der Waals surface area (Å²) in [7, 11) is 0. The van der Waals surface area contributed by atoms with Crippen molar-refractivity contribution in [2.24, 2.45) is 5.92 Å². The third kappa shape index (κ3) is 6.15. The Labute approximate surface area is 170 Å². The van der Waals surface area contributed by atoms with Crippen molar-refractivity contribution in [2.75, 3.05) is 6.61 Å². The molecule has 2 rings (SSSR count). The fraction of sp³-hybridized carbons (Fsp3) is 0.500. The highest BCUT2D eigenvalue weighted by molar-refractivity contribution is 5.92. The molecule has 1 aliphatic carbocycles. The standard InChI is InChI=1S/C22H28O7/c1-12-8-17(24)9-13(2)11-19-20(15(4)22(26)29-19)18(10-12)28-21(25)14(3)6-7-27-16(5)23/h6,8,11,17-20,24H,4,7,9-10H2,1-3,5H3. The highest BCUT2D eigenvalue weighted by Gasteiger charge is 2.44. The molecule has 4 atom stereocenters. The van der Waals surface area contributed by atoms with Gasteiger partial charge in [-0.2, -0.15) is 0 Å². The maximum Gasteiger partial charge on any atom is 0.334 e. The minimum atomic E-state index is -0.700. The van der Waals surface area contributed by atoms with Crippen LogP contribution in [0.15, 0.2) is 47.1 Å². The number of esters is 3. The Morgan fingerprint density at radius 3 is 2.55 bits per heavy atom. The van der Waals surface area contributed by atoms with Crippen molar-refractivity contribution in [2.45, 2.75) is 58.8 Å². The normalized spacial score (nSPS) is 28.0. The summed E-state index contributed by atoms with van der Waals surface area (Å²) >= 11 is 0. The molecule has 7 nitrogen and oxygen atoms in total. The molecule has 0 saturated carbocycles. The van der Waals surface area contributed by atoms with Gasteiger partial charge in [0.25, 0.3) is 0 Å². The number of carbonyl (C=O) groups is 3. The van der Waals surface area contributed by atoms with E-state index < -0.39 is 42.1 Å². The number of fused-ring (bicyclic) bond motifs is 1. The van der Waals surface area contributed by atoms with Crippen LogP contribution < -0.4 is 0 Å². The van der Waals surface area contributed by atoms with Crippen molar-refractivity contribution in [1.29, 1.82) is 0 Å². The predicted octanol–water partition coefficient (Wildman–Crippen LogP) is 2.55. The molecule has 1 saturated heterocycles. The van der Waals surface area contributed by atoms with Crippen molar-refractivity contribution in [3.8, 4) is 0 Å². The van der Waals surface area contributed by atoms with Crippen LogP contribution in [0.3, 0.4) is 0 Å². The number of hydrogen-bond donors (Lipinski definition) is 1. The SMILES string of the molecule is C=C1C(=O)OC2C=C(C)CC(O)C=C(C)CC(OC(=O)C(C)=CCOC(C)=O)C12. The van der Waals surface area contributed by atoms with E-state index in [1.807, 2.05) is 13.8 Å². The molecule has 0 amide bonds. The van der Waals surface area contributed by atoms with E-state index in [-0.39, 0.29) is 17.8 Å². The van der Waals surface area contributed by atoms with E-state index in [4.69, 9.17) is 14.2 Å². The molecule has 1 heterocycles. The topological polar surface area (TPSA) is 99.1 Å². The summed E-state index contributed by atoms with van der Waals surface area (Å²) in [5.41, 5.74) is 2.23. The van der Waals surface area contributed by atoms with E-state index >= 15 is 0 Å². The minimum absolute atomic E-state index is 0.0334. The molecule has 0 radical (unpaired) electrons. The summed E-state index contributed by atoms with van der Waals surface area (Å²) in [6, 6.07) is 0. The van der Waals surface area contributed by atoms with E-state index in [1.165, 1.54) is 13.0 Å². The Morgan fingerprint density at radius 1 is 1.24 bits per heavy atom. The molecule has 2 aliphatic rings. The van der Waals surface area contributed by atoms with Gasteiger partial charge in [-0.15, -0.1) is 0 Å². The highest BCUT2D eigenvalue weighted by atomic mass is 16.6. The first-order valence-corrected chi connectivity index (χ1v) is 9.52. The van der Waals surface area contributed by atoms with Crippen LogP contribution in [0.5, 0.6) is 0 Å². The van der Waals surface area contributed by atoms with Gasteiger partial charge in [-0.3, -0.25) is 4.79 Å². The monoisotopic (exact) mass is 404 g/mol. The first-order valence-electron chi connectivity index (χ1n) is 9.52. The highest BCUT2D eigenvalue weighted by Crippen LogP contribution is 2.36. The van der Waals surface area contributed by atoms with Crippen molar-refractivity contribution in [3.63, 3.8) is 0 Å². The number of hydrogen-bond acceptors (Lipinski definition) is 7. The van der Waals surface area contributed by atoms with Crippen molar-refractivity contribution in [3.05, 3.63) is 47.1 Å². The summed E-state index contributed by atoms with van der Waals surface area (Å²) < 4.78 is 16.0. The maximum absolute atomic E-state index is 12.6. The lowest BCUT2D eigenvalue weighted by atomic mass is 9.85. The van der Waals surface area contributed by atoms with Crippen LogP contribution in [0.25, 0.3) is 0 Å². The Balaban J connectivity index is 2.29. The number of aliphatic hydroxyl groups excluding tert-OH is 1. The zero-order valence-corrected chi connectivity index (χ0v) is 17.3. The molecular formula is C22H28O7. The van der Waals surface area contributed by atoms with Gasteiger partial charge in [-0.25, -0.2) is 9.59 Å². The number of carbonyl (C=O) groups excluding carboxylic acids is 3. The molecule has 1 fully saturated rings. The summed E-state index contributed by atoms with van der Waals surface area (Å²) in [4.78, 5) is 35.6. The van der Waals surface area contributed by atoms with E-state index in [0.717, 1.165) is 11.1 Å². The van der Waals surface area contributed by atoms with Crippen LogP contribution in [0.4, 0.5) is 0 Å². The van der Waals surface area contributed by atoms with Gasteiger partial charge in [0.05, 0.1) is 12.0 Å². The Kier molecular flexibility index (Phi) is 7.56. The Bertz CT molecular complexity index is 787. The number of rotatable bonds is 4. The number of ether oxygens (including phenoxy) is 3. The van der Waals surface area contributed by atoms with Crippen molar-refractivity contribution in [1.82, 2.24) is 0 Å².